The number of carboxylic acids is 1. The molecule has 108 valence electrons. The van der Waals surface area contributed by atoms with Crippen LogP contribution >= 0.6 is 0 Å². The molecule has 1 aliphatic rings. The van der Waals surface area contributed by atoms with E-state index in [9.17, 15) is 14.7 Å². The summed E-state index contributed by atoms with van der Waals surface area (Å²) >= 11 is 0. The van der Waals surface area contributed by atoms with Gasteiger partial charge in [0.05, 0.1) is 11.3 Å². The number of nitrogens with one attached hydrogen (secondary N) is 2. The van der Waals surface area contributed by atoms with Crippen LogP contribution in [0.25, 0.3) is 0 Å². The maximum Gasteiger partial charge on any atom is 0.311 e. The topological polar surface area (TPSA) is 78.4 Å². The average molecular weight is 276 g/mol. The van der Waals surface area contributed by atoms with Crippen LogP contribution in [0.5, 0.6) is 0 Å². The second kappa shape index (κ2) is 5.53. The zero-order valence-electron chi connectivity index (χ0n) is 11.8. The standard InChI is InChI=1S/C15H20N2O3/c1-3-15(2,14(19)20)9-17-13(18)11-8-16-12-7-5-4-6-10(11)12/h4-7,11,16H,3,8-9H2,1-2H3,(H,17,18)(H,19,20). The molecule has 0 saturated carbocycles. The molecule has 1 amide bonds. The van der Waals surface area contributed by atoms with Gasteiger partial charge in [-0.3, -0.25) is 9.59 Å². The van der Waals surface area contributed by atoms with Gasteiger partial charge in [0.2, 0.25) is 5.91 Å². The summed E-state index contributed by atoms with van der Waals surface area (Å²) in [5.41, 5.74) is 1.03. The Kier molecular flexibility index (Phi) is 3.97. The Balaban J connectivity index is 2.02. The van der Waals surface area contributed by atoms with Crippen LogP contribution in [-0.4, -0.2) is 30.1 Å². The number of carboxylic acid groups (broad SMARTS) is 1. The van der Waals surface area contributed by atoms with Crippen LogP contribution in [0.2, 0.25) is 0 Å². The molecule has 0 bridgehead atoms. The number of aliphatic carboxylic acids is 1. The number of carbonyl (C=O) groups excluding carboxylic acids is 1. The number of anilines is 1. The van der Waals surface area contributed by atoms with Gasteiger partial charge in [-0.2, -0.15) is 0 Å². The lowest BCUT2D eigenvalue weighted by Gasteiger charge is -2.24. The lowest BCUT2D eigenvalue weighted by Crippen LogP contribution is -2.42. The second-order valence-corrected chi connectivity index (χ2v) is 5.46. The summed E-state index contributed by atoms with van der Waals surface area (Å²) in [6, 6.07) is 7.69. The molecule has 2 rings (SSSR count). The fourth-order valence-corrected chi connectivity index (χ4v) is 2.28. The summed E-state index contributed by atoms with van der Waals surface area (Å²) in [4.78, 5) is 23.5. The van der Waals surface area contributed by atoms with Crippen molar-refractivity contribution in [3.8, 4) is 0 Å². The maximum atomic E-state index is 12.2. The molecule has 0 radical (unpaired) electrons. The van der Waals surface area contributed by atoms with Crippen molar-refractivity contribution < 1.29 is 14.7 Å². The minimum atomic E-state index is -0.915. The van der Waals surface area contributed by atoms with Gasteiger partial charge in [-0.1, -0.05) is 25.1 Å². The molecule has 0 saturated heterocycles. The van der Waals surface area contributed by atoms with Gasteiger partial charge in [0, 0.05) is 18.8 Å². The van der Waals surface area contributed by atoms with Gasteiger partial charge in [0.25, 0.3) is 0 Å². The van der Waals surface area contributed by atoms with Crippen molar-refractivity contribution in [3.63, 3.8) is 0 Å². The summed E-state index contributed by atoms with van der Waals surface area (Å²) in [5.74, 6) is -1.25. The Labute approximate surface area is 118 Å². The zero-order chi connectivity index (χ0) is 14.8. The molecule has 0 aromatic heterocycles. The van der Waals surface area contributed by atoms with Crippen LogP contribution in [0.1, 0.15) is 31.7 Å². The number of benzene rings is 1. The van der Waals surface area contributed by atoms with E-state index in [0.717, 1.165) is 11.3 Å². The highest BCUT2D eigenvalue weighted by molar-refractivity contribution is 5.88. The molecule has 2 unspecified atom stereocenters. The fourth-order valence-electron chi connectivity index (χ4n) is 2.28. The van der Waals surface area contributed by atoms with E-state index in [0.29, 0.717) is 13.0 Å². The van der Waals surface area contributed by atoms with Gasteiger partial charge in [-0.15, -0.1) is 0 Å². The van der Waals surface area contributed by atoms with Crippen molar-refractivity contribution in [2.24, 2.45) is 5.41 Å². The van der Waals surface area contributed by atoms with Crippen molar-refractivity contribution in [1.29, 1.82) is 0 Å². The quantitative estimate of drug-likeness (QED) is 0.766. The molecule has 1 aliphatic heterocycles. The predicted molar refractivity (Wildman–Crippen MR) is 76.7 cm³/mol. The zero-order valence-corrected chi connectivity index (χ0v) is 11.8. The van der Waals surface area contributed by atoms with Gasteiger partial charge in [-0.05, 0) is 25.0 Å². The molecular formula is C15H20N2O3. The average Bonchev–Trinajstić information content (AvgIpc) is 2.88. The number of amides is 1. The molecule has 20 heavy (non-hydrogen) atoms. The van der Waals surface area contributed by atoms with E-state index < -0.39 is 11.4 Å². The molecule has 0 fully saturated rings. The summed E-state index contributed by atoms with van der Waals surface area (Å²) in [6.45, 7) is 4.17. The van der Waals surface area contributed by atoms with Crippen LogP contribution in [-0.2, 0) is 9.59 Å². The third-order valence-corrected chi connectivity index (χ3v) is 4.10. The molecule has 2 atom stereocenters. The smallest absolute Gasteiger partial charge is 0.311 e. The van der Waals surface area contributed by atoms with Gasteiger partial charge >= 0.3 is 5.97 Å². The van der Waals surface area contributed by atoms with E-state index in [1.807, 2.05) is 31.2 Å². The number of para-hydroxylation sites is 1. The van der Waals surface area contributed by atoms with Crippen molar-refractivity contribution in [3.05, 3.63) is 29.8 Å². The Bertz CT molecular complexity index is 530. The number of hydrogen-bond donors (Lipinski definition) is 3. The highest BCUT2D eigenvalue weighted by atomic mass is 16.4. The molecule has 0 aliphatic carbocycles. The Hall–Kier alpha value is -2.04. The van der Waals surface area contributed by atoms with E-state index in [4.69, 9.17) is 0 Å². The first-order valence-corrected chi connectivity index (χ1v) is 6.82. The molecular weight excluding hydrogens is 256 g/mol. The van der Waals surface area contributed by atoms with Crippen molar-refractivity contribution in [1.82, 2.24) is 5.32 Å². The lowest BCUT2D eigenvalue weighted by molar-refractivity contribution is -0.148. The van der Waals surface area contributed by atoms with Gasteiger partial charge < -0.3 is 15.7 Å². The third kappa shape index (κ3) is 2.61. The fraction of sp³-hybridized carbons (Fsp3) is 0.467. The maximum absolute atomic E-state index is 12.2. The highest BCUT2D eigenvalue weighted by Gasteiger charge is 2.34. The first kappa shape index (κ1) is 14.4. The summed E-state index contributed by atoms with van der Waals surface area (Å²) in [7, 11) is 0. The Morgan fingerprint density at radius 1 is 1.45 bits per heavy atom. The van der Waals surface area contributed by atoms with Crippen LogP contribution in [0, 0.1) is 5.41 Å². The number of rotatable bonds is 5. The lowest BCUT2D eigenvalue weighted by atomic mass is 9.87. The van der Waals surface area contributed by atoms with Crippen LogP contribution in [0.4, 0.5) is 5.69 Å². The van der Waals surface area contributed by atoms with Crippen LogP contribution < -0.4 is 10.6 Å². The highest BCUT2D eigenvalue weighted by Crippen LogP contribution is 2.31. The van der Waals surface area contributed by atoms with E-state index in [-0.39, 0.29) is 18.4 Å². The SMILES string of the molecule is CCC(C)(CNC(=O)C1CNc2ccccc21)C(=O)O. The summed E-state index contributed by atoms with van der Waals surface area (Å²) in [5, 5.41) is 15.2. The number of hydrogen-bond acceptors (Lipinski definition) is 3. The first-order chi connectivity index (χ1) is 9.48. The second-order valence-electron chi connectivity index (χ2n) is 5.46. The van der Waals surface area contributed by atoms with Crippen molar-refractivity contribution in [2.75, 3.05) is 18.4 Å². The summed E-state index contributed by atoms with van der Waals surface area (Å²) < 4.78 is 0. The first-order valence-electron chi connectivity index (χ1n) is 6.82. The molecule has 1 heterocycles. The van der Waals surface area contributed by atoms with Crippen molar-refractivity contribution >= 4 is 17.6 Å². The van der Waals surface area contributed by atoms with Crippen molar-refractivity contribution in [2.45, 2.75) is 26.2 Å². The summed E-state index contributed by atoms with van der Waals surface area (Å²) in [6.07, 6.45) is 0.474. The molecule has 1 aromatic carbocycles. The van der Waals surface area contributed by atoms with E-state index >= 15 is 0 Å². The van der Waals surface area contributed by atoms with E-state index in [1.165, 1.54) is 0 Å². The van der Waals surface area contributed by atoms with Gasteiger partial charge in [0.15, 0.2) is 0 Å². The predicted octanol–water partition coefficient (Wildman–Crippen LogP) is 1.81. The normalized spacial score (nSPS) is 19.6. The van der Waals surface area contributed by atoms with E-state index in [1.54, 1.807) is 6.92 Å². The largest absolute Gasteiger partial charge is 0.481 e. The van der Waals surface area contributed by atoms with Crippen LogP contribution in [0.15, 0.2) is 24.3 Å². The number of carbonyl (C=O) groups is 2. The molecule has 3 N–H and O–H groups in total. The Morgan fingerprint density at radius 2 is 2.15 bits per heavy atom. The van der Waals surface area contributed by atoms with Gasteiger partial charge in [0.1, 0.15) is 0 Å². The minimum absolute atomic E-state index is 0.122. The minimum Gasteiger partial charge on any atom is -0.481 e. The molecule has 5 heteroatoms. The third-order valence-electron chi connectivity index (χ3n) is 4.10. The molecule has 0 spiro atoms. The van der Waals surface area contributed by atoms with Gasteiger partial charge in [-0.25, -0.2) is 0 Å². The molecule has 5 nitrogen and oxygen atoms in total. The molecule has 1 aromatic rings. The number of fused-ring (bicyclic) bond motifs is 1. The van der Waals surface area contributed by atoms with Crippen LogP contribution in [0.3, 0.4) is 0 Å². The van der Waals surface area contributed by atoms with E-state index in [2.05, 4.69) is 10.6 Å². The monoisotopic (exact) mass is 276 g/mol. The Morgan fingerprint density at radius 3 is 2.80 bits per heavy atom.